The number of hydrogen-bond donors (Lipinski definition) is 0. The minimum absolute atomic E-state index is 0.213. The first-order valence-corrected chi connectivity index (χ1v) is 5.72. The highest BCUT2D eigenvalue weighted by molar-refractivity contribution is 7.07. The van der Waals surface area contributed by atoms with Gasteiger partial charge in [-0.15, -0.1) is 11.3 Å². The Labute approximate surface area is 97.4 Å². The first-order chi connectivity index (χ1) is 7.59. The number of carbonyl (C=O) groups excluding carboxylic acids is 2. The monoisotopic (exact) mass is 243 g/mol. The van der Waals surface area contributed by atoms with Crippen molar-refractivity contribution in [2.24, 2.45) is 0 Å². The van der Waals surface area contributed by atoms with E-state index in [1.54, 1.807) is 10.9 Å². The third kappa shape index (κ3) is 4.39. The Morgan fingerprint density at radius 2 is 2.19 bits per heavy atom. The average Bonchev–Trinajstić information content (AvgIpc) is 2.67. The molecule has 1 atom stereocenters. The Bertz CT molecular complexity index is 350. The lowest BCUT2D eigenvalue weighted by Gasteiger charge is -2.14. The summed E-state index contributed by atoms with van der Waals surface area (Å²) < 4.78 is 9.89. The van der Waals surface area contributed by atoms with Crippen molar-refractivity contribution in [2.75, 3.05) is 6.61 Å². The lowest BCUT2D eigenvalue weighted by molar-refractivity contribution is -0.149. The fourth-order valence-electron chi connectivity index (χ4n) is 1.16. The summed E-state index contributed by atoms with van der Waals surface area (Å²) in [5.41, 5.74) is 2.35. The van der Waals surface area contributed by atoms with Gasteiger partial charge in [0.25, 0.3) is 0 Å². The first-order valence-electron chi connectivity index (χ1n) is 4.78. The molecule has 1 heterocycles. The molecule has 0 saturated carbocycles. The van der Waals surface area contributed by atoms with Crippen LogP contribution in [0.5, 0.6) is 0 Å². The molecule has 1 aromatic rings. The van der Waals surface area contributed by atoms with E-state index in [0.29, 0.717) is 12.1 Å². The van der Waals surface area contributed by atoms with Gasteiger partial charge in [0.1, 0.15) is 6.10 Å². The summed E-state index contributed by atoms with van der Waals surface area (Å²) in [4.78, 5) is 25.6. The van der Waals surface area contributed by atoms with E-state index in [2.05, 4.69) is 4.98 Å². The smallest absolute Gasteiger partial charge is 0.303 e. The predicted molar refractivity (Wildman–Crippen MR) is 57.9 cm³/mol. The molecule has 1 rings (SSSR count). The fourth-order valence-corrected chi connectivity index (χ4v) is 1.75. The van der Waals surface area contributed by atoms with E-state index in [0.717, 1.165) is 0 Å². The van der Waals surface area contributed by atoms with E-state index in [9.17, 15) is 9.59 Å². The molecule has 0 aromatic carbocycles. The maximum atomic E-state index is 10.9. The Morgan fingerprint density at radius 3 is 2.69 bits per heavy atom. The second-order valence-electron chi connectivity index (χ2n) is 3.14. The highest BCUT2D eigenvalue weighted by atomic mass is 32.1. The minimum atomic E-state index is -0.442. The van der Waals surface area contributed by atoms with E-state index in [1.807, 2.05) is 0 Å². The zero-order valence-electron chi connectivity index (χ0n) is 9.13. The quantitative estimate of drug-likeness (QED) is 0.736. The van der Waals surface area contributed by atoms with Gasteiger partial charge in [-0.2, -0.15) is 0 Å². The number of carbonyl (C=O) groups is 2. The van der Waals surface area contributed by atoms with E-state index in [1.165, 1.54) is 25.2 Å². The zero-order chi connectivity index (χ0) is 12.0. The number of thiazole rings is 1. The lowest BCUT2D eigenvalue weighted by Crippen LogP contribution is -2.12. The normalized spacial score (nSPS) is 11.9. The van der Waals surface area contributed by atoms with Gasteiger partial charge in [-0.05, 0) is 0 Å². The van der Waals surface area contributed by atoms with Crippen LogP contribution in [-0.4, -0.2) is 23.5 Å². The van der Waals surface area contributed by atoms with Crippen LogP contribution >= 0.6 is 11.3 Å². The van der Waals surface area contributed by atoms with Crippen molar-refractivity contribution in [3.63, 3.8) is 0 Å². The van der Waals surface area contributed by atoms with Crippen LogP contribution in [0.15, 0.2) is 10.9 Å². The van der Waals surface area contributed by atoms with Gasteiger partial charge in [-0.25, -0.2) is 4.98 Å². The summed E-state index contributed by atoms with van der Waals surface area (Å²) in [6.45, 7) is 2.89. The van der Waals surface area contributed by atoms with Crippen LogP contribution in [0.4, 0.5) is 0 Å². The second kappa shape index (κ2) is 6.22. The van der Waals surface area contributed by atoms with Crippen molar-refractivity contribution in [1.29, 1.82) is 0 Å². The Kier molecular flexibility index (Phi) is 4.91. The van der Waals surface area contributed by atoms with Crippen LogP contribution in [0.2, 0.25) is 0 Å². The van der Waals surface area contributed by atoms with Gasteiger partial charge in [0, 0.05) is 25.6 Å². The SMILES string of the molecule is CC(=O)OCCC(OC(C)=O)c1cscn1. The Balaban J connectivity index is 2.51. The molecule has 0 amide bonds. The number of ether oxygens (including phenoxy) is 2. The largest absolute Gasteiger partial charge is 0.466 e. The van der Waals surface area contributed by atoms with Crippen molar-refractivity contribution in [3.8, 4) is 0 Å². The maximum Gasteiger partial charge on any atom is 0.303 e. The molecule has 0 fully saturated rings. The van der Waals surface area contributed by atoms with Crippen molar-refractivity contribution in [2.45, 2.75) is 26.4 Å². The first kappa shape index (κ1) is 12.6. The summed E-state index contributed by atoms with van der Waals surface area (Å²) in [7, 11) is 0. The summed E-state index contributed by atoms with van der Waals surface area (Å²) in [5, 5.41) is 1.81. The average molecular weight is 243 g/mol. The molecule has 0 saturated heterocycles. The zero-order valence-corrected chi connectivity index (χ0v) is 9.95. The van der Waals surface area contributed by atoms with Crippen molar-refractivity contribution < 1.29 is 19.1 Å². The molecule has 16 heavy (non-hydrogen) atoms. The van der Waals surface area contributed by atoms with Gasteiger partial charge in [-0.1, -0.05) is 0 Å². The molecule has 6 heteroatoms. The van der Waals surface area contributed by atoms with Gasteiger partial charge in [0.2, 0.25) is 0 Å². The van der Waals surface area contributed by atoms with Crippen LogP contribution in [0.3, 0.4) is 0 Å². The summed E-state index contributed by atoms with van der Waals surface area (Å²) in [6, 6.07) is 0. The number of hydrogen-bond acceptors (Lipinski definition) is 6. The van der Waals surface area contributed by atoms with Crippen LogP contribution in [0.1, 0.15) is 32.1 Å². The van der Waals surface area contributed by atoms with Crippen LogP contribution < -0.4 is 0 Å². The molecule has 0 aliphatic rings. The second-order valence-corrected chi connectivity index (χ2v) is 3.86. The van der Waals surface area contributed by atoms with Crippen molar-refractivity contribution in [3.05, 3.63) is 16.6 Å². The van der Waals surface area contributed by atoms with Crippen molar-refractivity contribution >= 4 is 23.3 Å². The molecular formula is C10H13NO4S. The molecule has 88 valence electrons. The number of esters is 2. The van der Waals surface area contributed by atoms with Gasteiger partial charge in [0.05, 0.1) is 17.8 Å². The Hall–Kier alpha value is -1.43. The van der Waals surface area contributed by atoms with Crippen LogP contribution in [0, 0.1) is 0 Å². The molecule has 5 nitrogen and oxygen atoms in total. The topological polar surface area (TPSA) is 65.5 Å². The molecule has 1 aromatic heterocycles. The number of rotatable bonds is 5. The van der Waals surface area contributed by atoms with E-state index < -0.39 is 6.10 Å². The molecule has 1 unspecified atom stereocenters. The molecule has 0 aliphatic carbocycles. The van der Waals surface area contributed by atoms with E-state index in [4.69, 9.17) is 9.47 Å². The highest BCUT2D eigenvalue weighted by Crippen LogP contribution is 2.21. The predicted octanol–water partition coefficient (Wildman–Crippen LogP) is 1.70. The van der Waals surface area contributed by atoms with Crippen LogP contribution in [0.25, 0.3) is 0 Å². The molecule has 0 N–H and O–H groups in total. The summed E-state index contributed by atoms with van der Waals surface area (Å²) >= 11 is 1.42. The molecule has 0 radical (unpaired) electrons. The molecule has 0 spiro atoms. The van der Waals surface area contributed by atoms with Crippen LogP contribution in [-0.2, 0) is 19.1 Å². The van der Waals surface area contributed by atoms with E-state index >= 15 is 0 Å². The Morgan fingerprint density at radius 1 is 1.44 bits per heavy atom. The highest BCUT2D eigenvalue weighted by Gasteiger charge is 2.17. The van der Waals surface area contributed by atoms with Crippen molar-refractivity contribution in [1.82, 2.24) is 4.98 Å². The molecule has 0 bridgehead atoms. The minimum Gasteiger partial charge on any atom is -0.466 e. The maximum absolute atomic E-state index is 10.9. The number of nitrogens with zero attached hydrogens (tertiary/aromatic N) is 1. The summed E-state index contributed by atoms with van der Waals surface area (Å²) in [6.07, 6.45) is -0.0220. The van der Waals surface area contributed by atoms with Gasteiger partial charge in [0.15, 0.2) is 0 Å². The van der Waals surface area contributed by atoms with Gasteiger partial charge in [-0.3, -0.25) is 9.59 Å². The summed E-state index contributed by atoms with van der Waals surface area (Å²) in [5.74, 6) is -0.722. The molecule has 0 aliphatic heterocycles. The molecular weight excluding hydrogens is 230 g/mol. The third-order valence-corrected chi connectivity index (χ3v) is 2.38. The van der Waals surface area contributed by atoms with Gasteiger partial charge < -0.3 is 9.47 Å². The van der Waals surface area contributed by atoms with E-state index in [-0.39, 0.29) is 18.5 Å². The lowest BCUT2D eigenvalue weighted by atomic mass is 10.2. The third-order valence-electron chi connectivity index (χ3n) is 1.77. The fraction of sp³-hybridized carbons (Fsp3) is 0.500. The van der Waals surface area contributed by atoms with Gasteiger partial charge >= 0.3 is 11.9 Å². The number of aromatic nitrogens is 1. The standard InChI is InChI=1S/C10H13NO4S/c1-7(12)14-4-3-10(15-8(2)13)9-5-16-6-11-9/h5-6,10H,3-4H2,1-2H3.